The van der Waals surface area contributed by atoms with Gasteiger partial charge in [-0.25, -0.2) is 4.79 Å². The third kappa shape index (κ3) is 3.40. The summed E-state index contributed by atoms with van der Waals surface area (Å²) in [5.41, 5.74) is -0.498. The molecule has 1 heterocycles. The topological polar surface area (TPSA) is 55.8 Å². The lowest BCUT2D eigenvalue weighted by Gasteiger charge is -2.40. The molecule has 5 heteroatoms. The average Bonchev–Trinajstić information content (AvgIpc) is 2.08. The molecule has 1 amide bonds. The zero-order valence-corrected chi connectivity index (χ0v) is 10.3. The summed E-state index contributed by atoms with van der Waals surface area (Å²) < 4.78 is 9.79. The molecule has 0 bridgehead atoms. The fourth-order valence-electron chi connectivity index (χ4n) is 1.49. The monoisotopic (exact) mass is 229 g/mol. The van der Waals surface area contributed by atoms with Crippen molar-refractivity contribution in [2.24, 2.45) is 0 Å². The van der Waals surface area contributed by atoms with Gasteiger partial charge in [0.25, 0.3) is 0 Å². The van der Waals surface area contributed by atoms with Crippen LogP contribution in [0.3, 0.4) is 0 Å². The molecule has 0 unspecified atom stereocenters. The lowest BCUT2D eigenvalue weighted by atomic mass is 10.0. The molecule has 1 rings (SSSR count). The van der Waals surface area contributed by atoms with Crippen LogP contribution >= 0.6 is 0 Å². The van der Waals surface area contributed by atoms with Gasteiger partial charge in [0.1, 0.15) is 5.60 Å². The van der Waals surface area contributed by atoms with Crippen molar-refractivity contribution >= 4 is 12.1 Å². The first kappa shape index (κ1) is 12.8. The largest absolute Gasteiger partial charge is 0.469 e. The third-order valence-electron chi connectivity index (χ3n) is 2.40. The smallest absolute Gasteiger partial charge is 0.410 e. The van der Waals surface area contributed by atoms with Crippen molar-refractivity contribution in [3.8, 4) is 0 Å². The molecule has 1 atom stereocenters. The Kier molecular flexibility index (Phi) is 3.78. The van der Waals surface area contributed by atoms with E-state index < -0.39 is 5.60 Å². The summed E-state index contributed by atoms with van der Waals surface area (Å²) in [6.07, 6.45) is 0.719. The number of carbonyl (C=O) groups is 2. The molecule has 0 aromatic carbocycles. The van der Waals surface area contributed by atoms with Gasteiger partial charge in [-0.2, -0.15) is 0 Å². The van der Waals surface area contributed by atoms with E-state index in [0.29, 0.717) is 6.54 Å². The second-order valence-electron chi connectivity index (χ2n) is 4.90. The fourth-order valence-corrected chi connectivity index (χ4v) is 1.49. The van der Waals surface area contributed by atoms with Crippen LogP contribution in [0.15, 0.2) is 0 Å². The Morgan fingerprint density at radius 2 is 2.00 bits per heavy atom. The van der Waals surface area contributed by atoms with Gasteiger partial charge in [0.2, 0.25) is 0 Å². The van der Waals surface area contributed by atoms with Crippen molar-refractivity contribution in [1.29, 1.82) is 0 Å². The van der Waals surface area contributed by atoms with E-state index in [4.69, 9.17) is 4.74 Å². The van der Waals surface area contributed by atoms with Crippen LogP contribution < -0.4 is 0 Å². The van der Waals surface area contributed by atoms with Crippen molar-refractivity contribution in [1.82, 2.24) is 4.90 Å². The summed E-state index contributed by atoms with van der Waals surface area (Å²) in [4.78, 5) is 24.3. The minimum atomic E-state index is -0.498. The van der Waals surface area contributed by atoms with E-state index in [1.54, 1.807) is 4.90 Å². The summed E-state index contributed by atoms with van der Waals surface area (Å²) in [6.45, 7) is 6.11. The molecule has 1 aliphatic rings. The number of esters is 1. The number of methoxy groups -OCH3 is 1. The molecule has 1 fully saturated rings. The Labute approximate surface area is 95.7 Å². The van der Waals surface area contributed by atoms with Crippen LogP contribution in [0, 0.1) is 0 Å². The maximum Gasteiger partial charge on any atom is 0.410 e. The van der Waals surface area contributed by atoms with E-state index in [1.807, 2.05) is 20.8 Å². The van der Waals surface area contributed by atoms with Crippen LogP contribution in [0.5, 0.6) is 0 Å². The van der Waals surface area contributed by atoms with Crippen LogP contribution in [0.25, 0.3) is 0 Å². The summed E-state index contributed by atoms with van der Waals surface area (Å²) in [7, 11) is 1.35. The van der Waals surface area contributed by atoms with E-state index in [9.17, 15) is 9.59 Å². The number of hydrogen-bond acceptors (Lipinski definition) is 4. The van der Waals surface area contributed by atoms with Crippen LogP contribution in [0.1, 0.15) is 33.6 Å². The van der Waals surface area contributed by atoms with Gasteiger partial charge in [-0.15, -0.1) is 0 Å². The molecule has 0 aliphatic carbocycles. The standard InChI is InChI=1S/C11H19NO4/c1-11(2,3)16-10(14)12-6-5-8(12)7-9(13)15-4/h8H,5-7H2,1-4H3/t8-/m1/s1. The van der Waals surface area contributed by atoms with Gasteiger partial charge in [-0.05, 0) is 27.2 Å². The van der Waals surface area contributed by atoms with Crippen molar-refractivity contribution in [2.75, 3.05) is 13.7 Å². The van der Waals surface area contributed by atoms with Crippen molar-refractivity contribution < 1.29 is 19.1 Å². The minimum absolute atomic E-state index is 0.0673. The van der Waals surface area contributed by atoms with Gasteiger partial charge in [0, 0.05) is 12.6 Å². The quantitative estimate of drug-likeness (QED) is 0.674. The van der Waals surface area contributed by atoms with Crippen LogP contribution in [-0.2, 0) is 14.3 Å². The van der Waals surface area contributed by atoms with Crippen molar-refractivity contribution in [3.63, 3.8) is 0 Å². The first-order valence-corrected chi connectivity index (χ1v) is 5.40. The number of ether oxygens (including phenoxy) is 2. The Balaban J connectivity index is 2.43. The molecule has 1 aliphatic heterocycles. The molecule has 0 saturated carbocycles. The molecule has 16 heavy (non-hydrogen) atoms. The zero-order valence-electron chi connectivity index (χ0n) is 10.3. The molecule has 5 nitrogen and oxygen atoms in total. The van der Waals surface area contributed by atoms with E-state index in [1.165, 1.54) is 7.11 Å². The number of nitrogens with zero attached hydrogens (tertiary/aromatic N) is 1. The Morgan fingerprint density at radius 1 is 1.38 bits per heavy atom. The van der Waals surface area contributed by atoms with Crippen LogP contribution in [0.4, 0.5) is 4.79 Å². The normalized spacial score (nSPS) is 20.0. The Bertz CT molecular complexity index is 282. The molecule has 92 valence electrons. The van der Waals surface area contributed by atoms with Gasteiger partial charge in [-0.1, -0.05) is 0 Å². The van der Waals surface area contributed by atoms with Crippen LogP contribution in [0.2, 0.25) is 0 Å². The summed E-state index contributed by atoms with van der Waals surface area (Å²) >= 11 is 0. The number of likely N-dealkylation sites (tertiary alicyclic amines) is 1. The Hall–Kier alpha value is -1.26. The van der Waals surface area contributed by atoms with E-state index >= 15 is 0 Å². The predicted molar refractivity (Wildman–Crippen MR) is 58.0 cm³/mol. The highest BCUT2D eigenvalue weighted by Crippen LogP contribution is 2.23. The van der Waals surface area contributed by atoms with Gasteiger partial charge >= 0.3 is 12.1 Å². The first-order valence-electron chi connectivity index (χ1n) is 5.40. The average molecular weight is 229 g/mol. The maximum atomic E-state index is 11.7. The molecule has 0 radical (unpaired) electrons. The molecule has 1 saturated heterocycles. The minimum Gasteiger partial charge on any atom is -0.469 e. The molecule has 0 spiro atoms. The van der Waals surface area contributed by atoms with E-state index in [0.717, 1.165) is 6.42 Å². The van der Waals surface area contributed by atoms with Crippen LogP contribution in [-0.4, -0.2) is 42.3 Å². The SMILES string of the molecule is COC(=O)C[C@H]1CCN1C(=O)OC(C)(C)C. The first-order chi connectivity index (χ1) is 7.33. The van der Waals surface area contributed by atoms with Crippen molar-refractivity contribution in [3.05, 3.63) is 0 Å². The lowest BCUT2D eigenvalue weighted by Crippen LogP contribution is -2.53. The highest BCUT2D eigenvalue weighted by atomic mass is 16.6. The molecule has 0 N–H and O–H groups in total. The number of hydrogen-bond donors (Lipinski definition) is 0. The highest BCUT2D eigenvalue weighted by Gasteiger charge is 2.36. The maximum absolute atomic E-state index is 11.7. The number of amides is 1. The predicted octanol–water partition coefficient (Wildman–Crippen LogP) is 1.56. The van der Waals surface area contributed by atoms with E-state index in [2.05, 4.69) is 4.74 Å². The molecule has 0 aromatic heterocycles. The molecular weight excluding hydrogens is 210 g/mol. The van der Waals surface area contributed by atoms with Gasteiger partial charge in [0.05, 0.1) is 13.5 Å². The highest BCUT2D eigenvalue weighted by molar-refractivity contribution is 5.73. The van der Waals surface area contributed by atoms with Gasteiger partial charge in [0.15, 0.2) is 0 Å². The molecular formula is C11H19NO4. The lowest BCUT2D eigenvalue weighted by molar-refractivity contribution is -0.143. The third-order valence-corrected chi connectivity index (χ3v) is 2.40. The summed E-state index contributed by atoms with van der Waals surface area (Å²) in [5.74, 6) is -0.293. The fraction of sp³-hybridized carbons (Fsp3) is 0.818. The summed E-state index contributed by atoms with van der Waals surface area (Å²) in [5, 5.41) is 0. The van der Waals surface area contributed by atoms with Crippen molar-refractivity contribution in [2.45, 2.75) is 45.3 Å². The Morgan fingerprint density at radius 3 is 2.38 bits per heavy atom. The van der Waals surface area contributed by atoms with Gasteiger partial charge in [-0.3, -0.25) is 4.79 Å². The summed E-state index contributed by atoms with van der Waals surface area (Å²) in [6, 6.07) is -0.0673. The van der Waals surface area contributed by atoms with E-state index in [-0.39, 0.29) is 24.5 Å². The second kappa shape index (κ2) is 4.72. The number of rotatable bonds is 2. The second-order valence-corrected chi connectivity index (χ2v) is 4.90. The van der Waals surface area contributed by atoms with Gasteiger partial charge < -0.3 is 14.4 Å². The zero-order chi connectivity index (χ0) is 12.3. The number of carbonyl (C=O) groups excluding carboxylic acids is 2. The molecule has 0 aromatic rings.